The highest BCUT2D eigenvalue weighted by molar-refractivity contribution is 9.13. The van der Waals surface area contributed by atoms with Crippen LogP contribution in [0.15, 0.2) is 9.59 Å². The van der Waals surface area contributed by atoms with Crippen molar-refractivity contribution in [2.45, 2.75) is 53.6 Å². The predicted molar refractivity (Wildman–Crippen MR) is 75.2 cm³/mol. The van der Waals surface area contributed by atoms with Crippen molar-refractivity contribution in [3.63, 3.8) is 0 Å². The molecule has 0 amide bonds. The highest BCUT2D eigenvalue weighted by atomic mass is 79.9. The third kappa shape index (κ3) is 1.56. The number of alkyl halides is 2. The van der Waals surface area contributed by atoms with Gasteiger partial charge < -0.3 is 0 Å². The Bertz CT molecular complexity index is 496. The summed E-state index contributed by atoms with van der Waals surface area (Å²) >= 11 is 7.77. The van der Waals surface area contributed by atoms with Crippen molar-refractivity contribution in [1.29, 1.82) is 0 Å². The van der Waals surface area contributed by atoms with Crippen LogP contribution >= 0.6 is 31.9 Å². The van der Waals surface area contributed by atoms with Crippen LogP contribution in [-0.2, 0) is 12.8 Å². The first-order valence-corrected chi connectivity index (χ1v) is 7.74. The fourth-order valence-electron chi connectivity index (χ4n) is 3.35. The molecule has 3 rings (SSSR count). The topological polar surface area (TPSA) is 34.1 Å². The number of rotatable bonds is 0. The molecule has 17 heavy (non-hydrogen) atoms. The molecule has 1 aromatic carbocycles. The fraction of sp³-hybridized carbons (Fsp3) is 0.692. The minimum absolute atomic E-state index is 0.0360. The van der Waals surface area contributed by atoms with Crippen LogP contribution in [0.4, 0.5) is 0 Å². The van der Waals surface area contributed by atoms with Gasteiger partial charge in [-0.2, -0.15) is 0 Å². The van der Waals surface area contributed by atoms with E-state index in [1.165, 1.54) is 19.3 Å². The third-order valence-electron chi connectivity index (χ3n) is 4.48. The van der Waals surface area contributed by atoms with Gasteiger partial charge in [0.25, 0.3) is 0 Å². The van der Waals surface area contributed by atoms with Crippen LogP contribution in [0.3, 0.4) is 0 Å². The summed E-state index contributed by atoms with van der Waals surface area (Å²) in [6.45, 7) is 0. The van der Waals surface area contributed by atoms with Gasteiger partial charge in [0.05, 0.1) is 0 Å². The smallest absolute Gasteiger partial charge is 0.229 e. The Balaban J connectivity index is 2.08. The molecular weight excluding hydrogens is 348 g/mol. The maximum Gasteiger partial charge on any atom is 0.229 e. The standard InChI is InChI=1S/C13H14Br2O2/c14-12-4-2-1-3-5-13(12,15)7-9-8(6-12)10(16)11(9)17/h1-7H2/t12-,13-/m0/s1. The Labute approximate surface area is 117 Å². The molecule has 0 N–H and O–H groups in total. The van der Waals surface area contributed by atoms with E-state index in [0.29, 0.717) is 0 Å². The summed E-state index contributed by atoms with van der Waals surface area (Å²) in [5.74, 6) is 0. The van der Waals surface area contributed by atoms with E-state index in [0.717, 1.165) is 36.8 Å². The van der Waals surface area contributed by atoms with Crippen LogP contribution in [0, 0.1) is 0 Å². The van der Waals surface area contributed by atoms with Gasteiger partial charge in [-0.15, -0.1) is 0 Å². The number of hydrogen-bond donors (Lipinski definition) is 0. The first kappa shape index (κ1) is 12.1. The minimum Gasteiger partial charge on any atom is -0.285 e. The van der Waals surface area contributed by atoms with Crippen LogP contribution in [0.5, 0.6) is 0 Å². The van der Waals surface area contributed by atoms with Gasteiger partial charge in [-0.05, 0) is 25.7 Å². The highest BCUT2D eigenvalue weighted by Crippen LogP contribution is 2.53. The molecule has 2 nitrogen and oxygen atoms in total. The quantitative estimate of drug-likeness (QED) is 0.525. The van der Waals surface area contributed by atoms with Crippen LogP contribution in [0.25, 0.3) is 0 Å². The van der Waals surface area contributed by atoms with Gasteiger partial charge in [0.2, 0.25) is 10.9 Å². The molecule has 0 aliphatic heterocycles. The molecule has 1 fully saturated rings. The molecular formula is C13H14Br2O2. The molecule has 0 radical (unpaired) electrons. The molecule has 0 aromatic heterocycles. The van der Waals surface area contributed by atoms with Gasteiger partial charge in [0.1, 0.15) is 0 Å². The van der Waals surface area contributed by atoms with Gasteiger partial charge >= 0.3 is 0 Å². The molecule has 1 saturated carbocycles. The zero-order valence-corrected chi connectivity index (χ0v) is 12.7. The van der Waals surface area contributed by atoms with E-state index in [-0.39, 0.29) is 19.5 Å². The third-order valence-corrected chi connectivity index (χ3v) is 7.89. The average Bonchev–Trinajstić information content (AvgIpc) is 2.45. The molecule has 1 aromatic rings. The molecule has 0 bridgehead atoms. The second kappa shape index (κ2) is 3.77. The van der Waals surface area contributed by atoms with E-state index >= 15 is 0 Å². The van der Waals surface area contributed by atoms with Crippen molar-refractivity contribution in [3.8, 4) is 0 Å². The normalized spacial score (nSPS) is 37.3. The fourth-order valence-corrected chi connectivity index (χ4v) is 5.15. The highest BCUT2D eigenvalue weighted by Gasteiger charge is 2.53. The lowest BCUT2D eigenvalue weighted by Crippen LogP contribution is -2.57. The SMILES string of the molecule is O=c1c2c(c1=O)C[C@@]1(Br)CCCCC[C@]1(Br)C2. The van der Waals surface area contributed by atoms with Crippen molar-refractivity contribution >= 4 is 31.9 Å². The van der Waals surface area contributed by atoms with E-state index < -0.39 is 0 Å². The molecule has 0 heterocycles. The lowest BCUT2D eigenvalue weighted by molar-refractivity contribution is 0.381. The second-order valence-corrected chi connectivity index (χ2v) is 8.50. The maximum atomic E-state index is 11.6. The maximum absolute atomic E-state index is 11.6. The summed E-state index contributed by atoms with van der Waals surface area (Å²) < 4.78 is -0.0720. The average molecular weight is 362 g/mol. The summed E-state index contributed by atoms with van der Waals surface area (Å²) in [5, 5.41) is 0. The van der Waals surface area contributed by atoms with Crippen LogP contribution in [0.1, 0.15) is 43.2 Å². The summed E-state index contributed by atoms with van der Waals surface area (Å²) in [5.41, 5.74) is 1.11. The minimum atomic E-state index is -0.238. The summed E-state index contributed by atoms with van der Waals surface area (Å²) in [7, 11) is 0. The molecule has 0 spiro atoms. The van der Waals surface area contributed by atoms with E-state index in [9.17, 15) is 9.59 Å². The first-order valence-electron chi connectivity index (χ1n) is 6.16. The molecule has 2 aliphatic rings. The Morgan fingerprint density at radius 2 is 1.18 bits per heavy atom. The lowest BCUT2D eigenvalue weighted by atomic mass is 9.71. The zero-order valence-electron chi connectivity index (χ0n) is 9.52. The molecule has 2 aliphatic carbocycles. The zero-order chi connectivity index (χ0) is 12.3. The molecule has 92 valence electrons. The van der Waals surface area contributed by atoms with Gasteiger partial charge in [-0.25, -0.2) is 0 Å². The van der Waals surface area contributed by atoms with Crippen LogP contribution in [0.2, 0.25) is 0 Å². The largest absolute Gasteiger partial charge is 0.285 e. The van der Waals surface area contributed by atoms with E-state index in [2.05, 4.69) is 31.9 Å². The number of hydrogen-bond acceptors (Lipinski definition) is 2. The lowest BCUT2D eigenvalue weighted by Gasteiger charge is -2.47. The van der Waals surface area contributed by atoms with Gasteiger partial charge in [0.15, 0.2) is 0 Å². The monoisotopic (exact) mass is 360 g/mol. The van der Waals surface area contributed by atoms with Gasteiger partial charge in [-0.3, -0.25) is 9.59 Å². The Morgan fingerprint density at radius 3 is 1.59 bits per heavy atom. The van der Waals surface area contributed by atoms with Crippen molar-refractivity contribution in [2.75, 3.05) is 0 Å². The van der Waals surface area contributed by atoms with Crippen LogP contribution < -0.4 is 10.9 Å². The van der Waals surface area contributed by atoms with Gasteiger partial charge in [0, 0.05) is 19.8 Å². The van der Waals surface area contributed by atoms with Crippen LogP contribution in [-0.4, -0.2) is 8.65 Å². The molecule has 2 atom stereocenters. The Kier molecular flexibility index (Phi) is 2.68. The molecule has 4 heteroatoms. The van der Waals surface area contributed by atoms with Crippen molar-refractivity contribution in [2.24, 2.45) is 0 Å². The van der Waals surface area contributed by atoms with E-state index in [4.69, 9.17) is 0 Å². The Morgan fingerprint density at radius 1 is 0.765 bits per heavy atom. The summed E-state index contributed by atoms with van der Waals surface area (Å²) in [4.78, 5) is 23.1. The predicted octanol–water partition coefficient (Wildman–Crippen LogP) is 2.61. The van der Waals surface area contributed by atoms with Crippen molar-refractivity contribution < 1.29 is 0 Å². The number of halogens is 2. The van der Waals surface area contributed by atoms with E-state index in [1.807, 2.05) is 0 Å². The Hall–Kier alpha value is 0.0400. The summed E-state index contributed by atoms with van der Waals surface area (Å²) in [6, 6.07) is 0. The van der Waals surface area contributed by atoms with Gasteiger partial charge in [-0.1, -0.05) is 51.1 Å². The van der Waals surface area contributed by atoms with E-state index in [1.54, 1.807) is 0 Å². The van der Waals surface area contributed by atoms with Crippen molar-refractivity contribution in [3.05, 3.63) is 31.6 Å². The second-order valence-electron chi connectivity index (χ2n) is 5.46. The first-order chi connectivity index (χ1) is 7.97. The number of fused-ring (bicyclic) bond motifs is 2. The molecule has 0 saturated heterocycles. The molecule has 0 unspecified atom stereocenters. The summed E-state index contributed by atoms with van der Waals surface area (Å²) in [6.07, 6.45) is 7.24. The van der Waals surface area contributed by atoms with Crippen molar-refractivity contribution in [1.82, 2.24) is 0 Å².